The Morgan fingerprint density at radius 3 is 2.41 bits per heavy atom. The largest absolute Gasteiger partial charge is 0.309 e. The number of aryl methyl sites for hydroxylation is 1. The molecule has 6 heteroatoms. The third-order valence-electron chi connectivity index (χ3n) is 2.12. The van der Waals surface area contributed by atoms with Gasteiger partial charge in [-0.1, -0.05) is 11.6 Å². The summed E-state index contributed by atoms with van der Waals surface area (Å²) in [6, 6.07) is 2.86. The van der Waals surface area contributed by atoms with Gasteiger partial charge < -0.3 is 4.98 Å². The van der Waals surface area contributed by atoms with Gasteiger partial charge in [0.25, 0.3) is 5.56 Å². The summed E-state index contributed by atoms with van der Waals surface area (Å²) >= 11 is 5.75. The Kier molecular flexibility index (Phi) is 2.93. The van der Waals surface area contributed by atoms with Gasteiger partial charge in [0, 0.05) is 11.6 Å². The molecule has 0 atom stereocenters. The van der Waals surface area contributed by atoms with Crippen molar-refractivity contribution in [2.45, 2.75) is 6.92 Å². The highest BCUT2D eigenvalue weighted by atomic mass is 35.5. The molecule has 0 aliphatic carbocycles. The summed E-state index contributed by atoms with van der Waals surface area (Å²) in [5.41, 5.74) is -0.355. The van der Waals surface area contributed by atoms with Gasteiger partial charge in [0.05, 0.1) is 5.69 Å². The molecule has 1 aromatic heterocycles. The first kappa shape index (κ1) is 11.7. The van der Waals surface area contributed by atoms with Crippen LogP contribution in [0.5, 0.6) is 0 Å². The van der Waals surface area contributed by atoms with E-state index in [4.69, 9.17) is 11.6 Å². The van der Waals surface area contributed by atoms with Crippen LogP contribution in [0.3, 0.4) is 0 Å². The summed E-state index contributed by atoms with van der Waals surface area (Å²) in [4.78, 5) is 17.7. The number of nitrogens with one attached hydrogen (secondary N) is 1. The lowest BCUT2D eigenvalue weighted by Crippen LogP contribution is -2.11. The van der Waals surface area contributed by atoms with E-state index in [1.54, 1.807) is 6.92 Å². The van der Waals surface area contributed by atoms with Crippen LogP contribution in [-0.4, -0.2) is 9.97 Å². The summed E-state index contributed by atoms with van der Waals surface area (Å²) in [6.45, 7) is 1.55. The SMILES string of the molecule is Cc1nc(-c2cc(F)cc(F)c2)c(Cl)c(=O)[nH]1. The van der Waals surface area contributed by atoms with Crippen LogP contribution >= 0.6 is 11.6 Å². The van der Waals surface area contributed by atoms with E-state index in [9.17, 15) is 13.6 Å². The first-order valence-electron chi connectivity index (χ1n) is 4.70. The van der Waals surface area contributed by atoms with E-state index >= 15 is 0 Å². The van der Waals surface area contributed by atoms with E-state index in [1.165, 1.54) is 0 Å². The van der Waals surface area contributed by atoms with Crippen molar-refractivity contribution in [2.24, 2.45) is 0 Å². The van der Waals surface area contributed by atoms with E-state index in [1.807, 2.05) is 0 Å². The van der Waals surface area contributed by atoms with Gasteiger partial charge in [-0.2, -0.15) is 0 Å². The molecule has 0 aliphatic heterocycles. The average molecular weight is 257 g/mol. The second-order valence-corrected chi connectivity index (χ2v) is 3.85. The number of benzene rings is 1. The van der Waals surface area contributed by atoms with Gasteiger partial charge >= 0.3 is 0 Å². The summed E-state index contributed by atoms with van der Waals surface area (Å²) in [5, 5.41) is -0.194. The van der Waals surface area contributed by atoms with E-state index < -0.39 is 17.2 Å². The zero-order valence-corrected chi connectivity index (χ0v) is 9.48. The average Bonchev–Trinajstić information content (AvgIpc) is 2.22. The Morgan fingerprint density at radius 1 is 1.24 bits per heavy atom. The number of halogens is 3. The smallest absolute Gasteiger partial charge is 0.270 e. The first-order chi connectivity index (χ1) is 7.97. The van der Waals surface area contributed by atoms with Crippen molar-refractivity contribution in [3.63, 3.8) is 0 Å². The Morgan fingerprint density at radius 2 is 1.82 bits per heavy atom. The van der Waals surface area contributed by atoms with E-state index in [0.29, 0.717) is 5.82 Å². The number of aromatic amines is 1. The fourth-order valence-corrected chi connectivity index (χ4v) is 1.65. The lowest BCUT2D eigenvalue weighted by molar-refractivity contribution is 0.584. The van der Waals surface area contributed by atoms with Crippen molar-refractivity contribution in [3.05, 3.63) is 51.0 Å². The molecule has 2 rings (SSSR count). The van der Waals surface area contributed by atoms with Crippen LogP contribution < -0.4 is 5.56 Å². The molecule has 17 heavy (non-hydrogen) atoms. The van der Waals surface area contributed by atoms with Crippen molar-refractivity contribution >= 4 is 11.6 Å². The van der Waals surface area contributed by atoms with Crippen LogP contribution in [-0.2, 0) is 0 Å². The monoisotopic (exact) mass is 256 g/mol. The number of hydrogen-bond donors (Lipinski definition) is 1. The maximum Gasteiger partial charge on any atom is 0.270 e. The molecule has 2 aromatic rings. The van der Waals surface area contributed by atoms with E-state index in [-0.39, 0.29) is 16.3 Å². The molecule has 0 unspecified atom stereocenters. The maximum atomic E-state index is 13.0. The summed E-state index contributed by atoms with van der Waals surface area (Å²) < 4.78 is 26.1. The molecule has 0 spiro atoms. The molecular weight excluding hydrogens is 250 g/mol. The lowest BCUT2D eigenvalue weighted by atomic mass is 10.1. The summed E-state index contributed by atoms with van der Waals surface area (Å²) in [7, 11) is 0. The van der Waals surface area contributed by atoms with Crippen molar-refractivity contribution < 1.29 is 8.78 Å². The van der Waals surface area contributed by atoms with Gasteiger partial charge in [0.2, 0.25) is 0 Å². The van der Waals surface area contributed by atoms with Crippen molar-refractivity contribution in [2.75, 3.05) is 0 Å². The van der Waals surface area contributed by atoms with Gasteiger partial charge in [0.1, 0.15) is 22.5 Å². The molecule has 88 valence electrons. The van der Waals surface area contributed by atoms with Crippen LogP contribution in [0.2, 0.25) is 5.02 Å². The zero-order valence-electron chi connectivity index (χ0n) is 8.72. The topological polar surface area (TPSA) is 45.8 Å². The van der Waals surface area contributed by atoms with E-state index in [0.717, 1.165) is 18.2 Å². The number of aromatic nitrogens is 2. The van der Waals surface area contributed by atoms with Gasteiger partial charge in [-0.05, 0) is 19.1 Å². The Labute approximate surface area is 100 Å². The van der Waals surface area contributed by atoms with E-state index in [2.05, 4.69) is 9.97 Å². The quantitative estimate of drug-likeness (QED) is 0.853. The molecule has 0 saturated carbocycles. The predicted octanol–water partition coefficient (Wildman–Crippen LogP) is 2.68. The van der Waals surface area contributed by atoms with Crippen molar-refractivity contribution in [1.82, 2.24) is 9.97 Å². The minimum absolute atomic E-state index is 0.0614. The van der Waals surface area contributed by atoms with Gasteiger partial charge in [0.15, 0.2) is 0 Å². The molecule has 0 bridgehead atoms. The molecule has 0 fully saturated rings. The van der Waals surface area contributed by atoms with Crippen molar-refractivity contribution in [3.8, 4) is 11.3 Å². The molecular formula is C11H7ClF2N2O. The molecule has 0 amide bonds. The Balaban J connectivity index is 2.72. The highest BCUT2D eigenvalue weighted by Gasteiger charge is 2.12. The summed E-state index contributed by atoms with van der Waals surface area (Å²) in [6.07, 6.45) is 0. The van der Waals surface area contributed by atoms with Gasteiger partial charge in [-0.15, -0.1) is 0 Å². The minimum Gasteiger partial charge on any atom is -0.309 e. The normalized spacial score (nSPS) is 10.6. The number of hydrogen-bond acceptors (Lipinski definition) is 2. The third-order valence-corrected chi connectivity index (χ3v) is 2.47. The Hall–Kier alpha value is -1.75. The van der Waals surface area contributed by atoms with Gasteiger partial charge in [-0.3, -0.25) is 4.79 Å². The lowest BCUT2D eigenvalue weighted by Gasteiger charge is -2.04. The standard InChI is InChI=1S/C11H7ClF2N2O/c1-5-15-10(9(12)11(17)16-5)6-2-7(13)4-8(14)3-6/h2-4H,1H3,(H,15,16,17). The number of nitrogens with zero attached hydrogens (tertiary/aromatic N) is 1. The molecule has 1 aromatic carbocycles. The van der Waals surface area contributed by atoms with Crippen LogP contribution in [0, 0.1) is 18.6 Å². The highest BCUT2D eigenvalue weighted by Crippen LogP contribution is 2.24. The minimum atomic E-state index is -0.754. The third kappa shape index (κ3) is 2.34. The molecule has 0 aliphatic rings. The molecule has 0 radical (unpaired) electrons. The van der Waals surface area contributed by atoms with Gasteiger partial charge in [-0.25, -0.2) is 13.8 Å². The Bertz CT molecular complexity index is 620. The number of rotatable bonds is 1. The zero-order chi connectivity index (χ0) is 12.6. The van der Waals surface area contributed by atoms with Crippen LogP contribution in [0.4, 0.5) is 8.78 Å². The van der Waals surface area contributed by atoms with Crippen molar-refractivity contribution in [1.29, 1.82) is 0 Å². The highest BCUT2D eigenvalue weighted by molar-refractivity contribution is 6.32. The van der Waals surface area contributed by atoms with Crippen LogP contribution in [0.1, 0.15) is 5.82 Å². The molecule has 0 saturated heterocycles. The first-order valence-corrected chi connectivity index (χ1v) is 5.08. The van der Waals surface area contributed by atoms with Crippen LogP contribution in [0.15, 0.2) is 23.0 Å². The molecule has 1 N–H and O–H groups in total. The second kappa shape index (κ2) is 4.25. The molecule has 1 heterocycles. The molecule has 3 nitrogen and oxygen atoms in total. The fourth-order valence-electron chi connectivity index (χ4n) is 1.45. The summed E-state index contributed by atoms with van der Waals surface area (Å²) in [5.74, 6) is -1.19. The second-order valence-electron chi connectivity index (χ2n) is 3.47. The maximum absolute atomic E-state index is 13.0. The number of H-pyrrole nitrogens is 1. The fraction of sp³-hybridized carbons (Fsp3) is 0.0909. The van der Waals surface area contributed by atoms with Crippen LogP contribution in [0.25, 0.3) is 11.3 Å². The predicted molar refractivity (Wildman–Crippen MR) is 60.0 cm³/mol.